The maximum Gasteiger partial charge on any atom is 0.311 e. The summed E-state index contributed by atoms with van der Waals surface area (Å²) in [6.07, 6.45) is 1.02. The molecule has 24 heavy (non-hydrogen) atoms. The maximum absolute atomic E-state index is 13.6. The van der Waals surface area contributed by atoms with E-state index in [1.807, 2.05) is 25.1 Å². The van der Waals surface area contributed by atoms with Crippen LogP contribution in [-0.4, -0.2) is 25.3 Å². The molecule has 0 aromatic heterocycles. The van der Waals surface area contributed by atoms with Crippen molar-refractivity contribution in [2.45, 2.75) is 25.7 Å². The van der Waals surface area contributed by atoms with E-state index in [-0.39, 0.29) is 6.42 Å². The lowest BCUT2D eigenvalue weighted by molar-refractivity contribution is -0.138. The smallest absolute Gasteiger partial charge is 0.311 e. The normalized spacial score (nSPS) is 11.8. The molecule has 0 amide bonds. The van der Waals surface area contributed by atoms with Gasteiger partial charge in [-0.1, -0.05) is 19.1 Å². The zero-order chi connectivity index (χ0) is 17.7. The summed E-state index contributed by atoms with van der Waals surface area (Å²) < 4.78 is 24.1. The molecule has 2 rings (SSSR count). The highest BCUT2D eigenvalue weighted by Crippen LogP contribution is 2.31. The predicted octanol–water partition coefficient (Wildman–Crippen LogP) is 3.82. The number of aliphatic carboxylic acids is 1. The molecule has 0 radical (unpaired) electrons. The third-order valence-electron chi connectivity index (χ3n) is 4.03. The molecule has 0 fully saturated rings. The highest BCUT2D eigenvalue weighted by atomic mass is 19.1. The molecule has 4 nitrogen and oxygen atoms in total. The first-order valence-corrected chi connectivity index (χ1v) is 7.72. The van der Waals surface area contributed by atoms with E-state index in [2.05, 4.69) is 0 Å². The SMILES string of the molecule is CCc1cc(CC(C(=O)O)c2cc(F)ccc2OC)ccc1OC. The minimum Gasteiger partial charge on any atom is -0.496 e. The van der Waals surface area contributed by atoms with Crippen molar-refractivity contribution in [2.24, 2.45) is 0 Å². The van der Waals surface area contributed by atoms with Crippen LogP contribution in [0, 0.1) is 5.82 Å². The van der Waals surface area contributed by atoms with Gasteiger partial charge in [-0.25, -0.2) is 4.39 Å². The number of carboxylic acid groups (broad SMARTS) is 1. The zero-order valence-electron chi connectivity index (χ0n) is 14.0. The van der Waals surface area contributed by atoms with Gasteiger partial charge in [-0.15, -0.1) is 0 Å². The minimum atomic E-state index is -1.02. The van der Waals surface area contributed by atoms with Gasteiger partial charge < -0.3 is 14.6 Å². The van der Waals surface area contributed by atoms with Gasteiger partial charge in [-0.3, -0.25) is 4.79 Å². The van der Waals surface area contributed by atoms with Crippen LogP contribution >= 0.6 is 0 Å². The first kappa shape index (κ1) is 17.8. The summed E-state index contributed by atoms with van der Waals surface area (Å²) in [4.78, 5) is 11.8. The average Bonchev–Trinajstić information content (AvgIpc) is 2.59. The molecular weight excluding hydrogens is 311 g/mol. The molecule has 128 valence electrons. The number of rotatable bonds is 7. The summed E-state index contributed by atoms with van der Waals surface area (Å²) in [7, 11) is 3.05. The van der Waals surface area contributed by atoms with Crippen LogP contribution in [0.15, 0.2) is 36.4 Å². The fourth-order valence-corrected chi connectivity index (χ4v) is 2.78. The van der Waals surface area contributed by atoms with Crippen LogP contribution < -0.4 is 9.47 Å². The molecule has 0 aliphatic rings. The molecule has 0 spiro atoms. The number of hydrogen-bond acceptors (Lipinski definition) is 3. The number of carboxylic acids is 1. The topological polar surface area (TPSA) is 55.8 Å². The molecule has 0 heterocycles. The van der Waals surface area contributed by atoms with Crippen molar-refractivity contribution in [2.75, 3.05) is 14.2 Å². The summed E-state index contributed by atoms with van der Waals surface area (Å²) in [5.41, 5.74) is 2.19. The Hall–Kier alpha value is -2.56. The Balaban J connectivity index is 2.40. The third kappa shape index (κ3) is 3.85. The van der Waals surface area contributed by atoms with Gasteiger partial charge in [0.25, 0.3) is 0 Å². The van der Waals surface area contributed by atoms with Gasteiger partial charge in [0.1, 0.15) is 17.3 Å². The fraction of sp³-hybridized carbons (Fsp3) is 0.316. The predicted molar refractivity (Wildman–Crippen MR) is 89.4 cm³/mol. The highest BCUT2D eigenvalue weighted by molar-refractivity contribution is 5.77. The number of aryl methyl sites for hydroxylation is 1. The number of ether oxygens (including phenoxy) is 2. The number of hydrogen-bond donors (Lipinski definition) is 1. The summed E-state index contributed by atoms with van der Waals surface area (Å²) in [5.74, 6) is -1.26. The molecule has 2 aromatic rings. The van der Waals surface area contributed by atoms with Gasteiger partial charge in [0.15, 0.2) is 0 Å². The quantitative estimate of drug-likeness (QED) is 0.837. The minimum absolute atomic E-state index is 0.242. The van der Waals surface area contributed by atoms with Crippen molar-refractivity contribution in [3.63, 3.8) is 0 Å². The van der Waals surface area contributed by atoms with Crippen molar-refractivity contribution in [1.82, 2.24) is 0 Å². The van der Waals surface area contributed by atoms with Crippen molar-refractivity contribution in [3.8, 4) is 11.5 Å². The van der Waals surface area contributed by atoms with Crippen LogP contribution in [0.5, 0.6) is 11.5 Å². The molecule has 0 aliphatic heterocycles. The van der Waals surface area contributed by atoms with Crippen LogP contribution in [0.25, 0.3) is 0 Å². The molecule has 1 N–H and O–H groups in total. The Kier molecular flexibility index (Phi) is 5.79. The van der Waals surface area contributed by atoms with Crippen LogP contribution in [0.1, 0.15) is 29.5 Å². The van der Waals surface area contributed by atoms with Gasteiger partial charge in [0.2, 0.25) is 0 Å². The van der Waals surface area contributed by atoms with Crippen molar-refractivity contribution in [1.29, 1.82) is 0 Å². The molecule has 1 unspecified atom stereocenters. The second-order valence-electron chi connectivity index (χ2n) is 5.48. The molecular formula is C19H21FO4. The molecule has 0 saturated heterocycles. The van der Waals surface area contributed by atoms with E-state index in [0.717, 1.165) is 23.3 Å². The average molecular weight is 332 g/mol. The van der Waals surface area contributed by atoms with Crippen LogP contribution in [-0.2, 0) is 17.6 Å². The van der Waals surface area contributed by atoms with E-state index in [4.69, 9.17) is 9.47 Å². The van der Waals surface area contributed by atoms with Crippen LogP contribution in [0.4, 0.5) is 4.39 Å². The molecule has 0 bridgehead atoms. The summed E-state index contributed by atoms with van der Waals surface area (Å²) in [5, 5.41) is 9.62. The second kappa shape index (κ2) is 7.81. The van der Waals surface area contributed by atoms with Gasteiger partial charge in [-0.2, -0.15) is 0 Å². The second-order valence-corrected chi connectivity index (χ2v) is 5.48. The van der Waals surface area contributed by atoms with E-state index in [1.54, 1.807) is 7.11 Å². The molecule has 0 saturated carbocycles. The van der Waals surface area contributed by atoms with Crippen molar-refractivity contribution < 1.29 is 23.8 Å². The zero-order valence-corrected chi connectivity index (χ0v) is 14.0. The first-order chi connectivity index (χ1) is 11.5. The van der Waals surface area contributed by atoms with E-state index in [1.165, 1.54) is 25.3 Å². The third-order valence-corrected chi connectivity index (χ3v) is 4.03. The summed E-state index contributed by atoms with van der Waals surface area (Å²) in [6.45, 7) is 2.01. The standard InChI is InChI=1S/C19H21FO4/c1-4-13-9-12(5-7-17(13)23-2)10-16(19(21)22)15-11-14(20)6-8-18(15)24-3/h5-9,11,16H,4,10H2,1-3H3,(H,21,22). The van der Waals surface area contributed by atoms with Crippen LogP contribution in [0.2, 0.25) is 0 Å². The monoisotopic (exact) mass is 332 g/mol. The molecule has 1 atom stereocenters. The van der Waals surface area contributed by atoms with E-state index in [9.17, 15) is 14.3 Å². The molecule has 5 heteroatoms. The number of carbonyl (C=O) groups is 1. The lowest BCUT2D eigenvalue weighted by atomic mass is 9.90. The number of halogens is 1. The molecule has 0 aliphatic carbocycles. The Bertz CT molecular complexity index is 727. The number of benzene rings is 2. The van der Waals surface area contributed by atoms with Crippen molar-refractivity contribution in [3.05, 3.63) is 58.9 Å². The Labute approximate surface area is 140 Å². The lowest BCUT2D eigenvalue weighted by Crippen LogP contribution is -2.16. The Morgan fingerprint density at radius 3 is 2.38 bits per heavy atom. The first-order valence-electron chi connectivity index (χ1n) is 7.72. The van der Waals surface area contributed by atoms with Crippen molar-refractivity contribution >= 4 is 5.97 Å². The molecule has 2 aromatic carbocycles. The summed E-state index contributed by atoms with van der Waals surface area (Å²) >= 11 is 0. The van der Waals surface area contributed by atoms with Gasteiger partial charge in [-0.05, 0) is 48.2 Å². The fourth-order valence-electron chi connectivity index (χ4n) is 2.78. The Morgan fingerprint density at radius 1 is 1.12 bits per heavy atom. The van der Waals surface area contributed by atoms with Gasteiger partial charge in [0.05, 0.1) is 20.1 Å². The maximum atomic E-state index is 13.6. The number of methoxy groups -OCH3 is 2. The van der Waals surface area contributed by atoms with E-state index in [0.29, 0.717) is 11.3 Å². The van der Waals surface area contributed by atoms with Crippen LogP contribution in [0.3, 0.4) is 0 Å². The largest absolute Gasteiger partial charge is 0.496 e. The highest BCUT2D eigenvalue weighted by Gasteiger charge is 2.25. The van der Waals surface area contributed by atoms with Gasteiger partial charge in [0, 0.05) is 5.56 Å². The van der Waals surface area contributed by atoms with E-state index < -0.39 is 17.7 Å². The van der Waals surface area contributed by atoms with Gasteiger partial charge >= 0.3 is 5.97 Å². The summed E-state index contributed by atoms with van der Waals surface area (Å²) in [6, 6.07) is 9.52. The lowest BCUT2D eigenvalue weighted by Gasteiger charge is -2.17. The Morgan fingerprint density at radius 2 is 1.79 bits per heavy atom. The van der Waals surface area contributed by atoms with E-state index >= 15 is 0 Å².